The molecule has 0 heterocycles. The molecule has 0 amide bonds. The predicted octanol–water partition coefficient (Wildman–Crippen LogP) is 3.01. The molecule has 0 N–H and O–H groups in total. The van der Waals surface area contributed by atoms with Gasteiger partial charge in [-0.3, -0.25) is 0 Å². The van der Waals surface area contributed by atoms with Crippen molar-refractivity contribution in [2.45, 2.75) is 6.92 Å². The molecule has 0 aliphatic carbocycles. The van der Waals surface area contributed by atoms with Crippen LogP contribution >= 0.6 is 0 Å². The van der Waals surface area contributed by atoms with Gasteiger partial charge in [0.1, 0.15) is 0 Å². The summed E-state index contributed by atoms with van der Waals surface area (Å²) in [7, 11) is 1.30. The molecule has 1 aromatic carbocycles. The summed E-state index contributed by atoms with van der Waals surface area (Å²) in [4.78, 5) is 0. The Hall–Kier alpha value is -1.38. The smallest absolute Gasteiger partial charge is 0.201 e. The third kappa shape index (κ3) is 1.86. The third-order valence-electron chi connectivity index (χ3n) is 1.64. The normalized spacial score (nSPS) is 10.8. The van der Waals surface area contributed by atoms with Crippen molar-refractivity contribution >= 4 is 6.08 Å². The quantitative estimate of drug-likeness (QED) is 0.686. The number of allylic oxidation sites excluding steroid dienone is 1. The monoisotopic (exact) mass is 184 g/mol. The number of rotatable bonds is 2. The Morgan fingerprint density at radius 1 is 1.23 bits per heavy atom. The molecule has 0 aromatic heterocycles. The van der Waals surface area contributed by atoms with Crippen LogP contribution in [0, 0.1) is 11.6 Å². The molecule has 0 saturated heterocycles. The lowest BCUT2D eigenvalue weighted by molar-refractivity contribution is 0.371. The first-order valence-corrected chi connectivity index (χ1v) is 3.85. The van der Waals surface area contributed by atoms with Gasteiger partial charge in [-0.05, 0) is 19.1 Å². The Kier molecular flexibility index (Phi) is 3.01. The van der Waals surface area contributed by atoms with E-state index < -0.39 is 11.6 Å². The molecule has 0 aliphatic rings. The standard InChI is InChI=1S/C10H10F2O/c1-3-4-7-5-6-8(13-2)10(12)9(7)11/h3-6H,1-2H3. The first-order chi connectivity index (χ1) is 6.20. The lowest BCUT2D eigenvalue weighted by Crippen LogP contribution is -1.94. The summed E-state index contributed by atoms with van der Waals surface area (Å²) in [6, 6.07) is 2.87. The molecule has 0 aliphatic heterocycles. The Morgan fingerprint density at radius 3 is 2.46 bits per heavy atom. The average molecular weight is 184 g/mol. The minimum absolute atomic E-state index is 0.0780. The maximum Gasteiger partial charge on any atom is 0.201 e. The summed E-state index contributed by atoms with van der Waals surface area (Å²) in [5.41, 5.74) is 0.223. The molecule has 0 saturated carbocycles. The second-order valence-electron chi connectivity index (χ2n) is 2.49. The van der Waals surface area contributed by atoms with E-state index in [9.17, 15) is 8.78 Å². The van der Waals surface area contributed by atoms with E-state index in [-0.39, 0.29) is 11.3 Å². The summed E-state index contributed by atoms with van der Waals surface area (Å²) in [5.74, 6) is -1.90. The first-order valence-electron chi connectivity index (χ1n) is 3.85. The molecular weight excluding hydrogens is 174 g/mol. The van der Waals surface area contributed by atoms with Gasteiger partial charge in [-0.25, -0.2) is 4.39 Å². The van der Waals surface area contributed by atoms with Crippen LogP contribution < -0.4 is 4.74 Å². The van der Waals surface area contributed by atoms with Crippen LogP contribution in [0.3, 0.4) is 0 Å². The Morgan fingerprint density at radius 2 is 1.92 bits per heavy atom. The number of methoxy groups -OCH3 is 1. The first kappa shape index (κ1) is 9.71. The van der Waals surface area contributed by atoms with E-state index in [0.29, 0.717) is 0 Å². The fourth-order valence-corrected chi connectivity index (χ4v) is 1.01. The van der Waals surface area contributed by atoms with E-state index in [1.54, 1.807) is 13.0 Å². The van der Waals surface area contributed by atoms with Crippen LogP contribution in [0.15, 0.2) is 18.2 Å². The highest BCUT2D eigenvalue weighted by Crippen LogP contribution is 2.22. The highest BCUT2D eigenvalue weighted by molar-refractivity contribution is 5.51. The van der Waals surface area contributed by atoms with Gasteiger partial charge in [0, 0.05) is 5.56 Å². The minimum Gasteiger partial charge on any atom is -0.494 e. The van der Waals surface area contributed by atoms with Crippen LogP contribution in [0.1, 0.15) is 12.5 Å². The van der Waals surface area contributed by atoms with Gasteiger partial charge in [-0.1, -0.05) is 12.2 Å². The summed E-state index contributed by atoms with van der Waals surface area (Å²) < 4.78 is 30.8. The minimum atomic E-state index is -0.946. The molecule has 13 heavy (non-hydrogen) atoms. The number of halogens is 2. The zero-order chi connectivity index (χ0) is 9.84. The molecule has 0 atom stereocenters. The van der Waals surface area contributed by atoms with Gasteiger partial charge in [0.05, 0.1) is 7.11 Å². The Labute approximate surface area is 75.6 Å². The Bertz CT molecular complexity index is 332. The largest absolute Gasteiger partial charge is 0.494 e. The van der Waals surface area contributed by atoms with Crippen molar-refractivity contribution in [3.8, 4) is 5.75 Å². The SMILES string of the molecule is CC=Cc1ccc(OC)c(F)c1F. The number of benzene rings is 1. The summed E-state index contributed by atoms with van der Waals surface area (Å²) in [5, 5.41) is 0. The number of hydrogen-bond donors (Lipinski definition) is 0. The number of hydrogen-bond acceptors (Lipinski definition) is 1. The van der Waals surface area contributed by atoms with Crippen molar-refractivity contribution in [3.63, 3.8) is 0 Å². The van der Waals surface area contributed by atoms with Gasteiger partial charge in [0.2, 0.25) is 5.82 Å². The summed E-state index contributed by atoms with van der Waals surface area (Å²) in [6.07, 6.45) is 3.14. The van der Waals surface area contributed by atoms with E-state index in [1.807, 2.05) is 0 Å². The van der Waals surface area contributed by atoms with Crippen LogP contribution in [0.4, 0.5) is 8.78 Å². The molecule has 70 valence electrons. The van der Waals surface area contributed by atoms with Crippen molar-refractivity contribution in [1.82, 2.24) is 0 Å². The van der Waals surface area contributed by atoms with Gasteiger partial charge in [-0.2, -0.15) is 4.39 Å². The van der Waals surface area contributed by atoms with E-state index in [0.717, 1.165) is 0 Å². The number of ether oxygens (including phenoxy) is 1. The van der Waals surface area contributed by atoms with Crippen LogP contribution in [-0.4, -0.2) is 7.11 Å². The van der Waals surface area contributed by atoms with Crippen LogP contribution in [-0.2, 0) is 0 Å². The molecule has 0 unspecified atom stereocenters. The molecule has 3 heteroatoms. The van der Waals surface area contributed by atoms with Gasteiger partial charge < -0.3 is 4.74 Å². The van der Waals surface area contributed by atoms with Gasteiger partial charge >= 0.3 is 0 Å². The molecule has 0 radical (unpaired) electrons. The highest BCUT2D eigenvalue weighted by Gasteiger charge is 2.11. The molecule has 1 nitrogen and oxygen atoms in total. The lowest BCUT2D eigenvalue weighted by atomic mass is 10.2. The predicted molar refractivity (Wildman–Crippen MR) is 47.6 cm³/mol. The van der Waals surface area contributed by atoms with E-state index >= 15 is 0 Å². The zero-order valence-corrected chi connectivity index (χ0v) is 7.47. The van der Waals surface area contributed by atoms with Crippen molar-refractivity contribution in [2.75, 3.05) is 7.11 Å². The maximum absolute atomic E-state index is 13.1. The van der Waals surface area contributed by atoms with E-state index in [4.69, 9.17) is 0 Å². The van der Waals surface area contributed by atoms with Gasteiger partial charge in [0.25, 0.3) is 0 Å². The fraction of sp³-hybridized carbons (Fsp3) is 0.200. The zero-order valence-electron chi connectivity index (χ0n) is 7.47. The highest BCUT2D eigenvalue weighted by atomic mass is 19.2. The van der Waals surface area contributed by atoms with E-state index in [1.165, 1.54) is 25.3 Å². The fourth-order valence-electron chi connectivity index (χ4n) is 1.01. The van der Waals surface area contributed by atoms with Gasteiger partial charge in [-0.15, -0.1) is 0 Å². The molecule has 1 aromatic rings. The molecule has 0 spiro atoms. The van der Waals surface area contributed by atoms with Crippen LogP contribution in [0.25, 0.3) is 6.08 Å². The summed E-state index contributed by atoms with van der Waals surface area (Å²) >= 11 is 0. The average Bonchev–Trinajstić information content (AvgIpc) is 2.14. The third-order valence-corrected chi connectivity index (χ3v) is 1.64. The Balaban J connectivity index is 3.22. The van der Waals surface area contributed by atoms with E-state index in [2.05, 4.69) is 4.74 Å². The van der Waals surface area contributed by atoms with Gasteiger partial charge in [0.15, 0.2) is 11.6 Å². The van der Waals surface area contributed by atoms with Crippen LogP contribution in [0.5, 0.6) is 5.75 Å². The maximum atomic E-state index is 13.1. The van der Waals surface area contributed by atoms with Crippen molar-refractivity contribution in [3.05, 3.63) is 35.4 Å². The molecule has 0 bridgehead atoms. The topological polar surface area (TPSA) is 9.23 Å². The molecular formula is C10H10F2O. The second kappa shape index (κ2) is 4.03. The summed E-state index contributed by atoms with van der Waals surface area (Å²) in [6.45, 7) is 1.74. The molecule has 0 fully saturated rings. The van der Waals surface area contributed by atoms with Crippen LogP contribution in [0.2, 0.25) is 0 Å². The second-order valence-corrected chi connectivity index (χ2v) is 2.49. The lowest BCUT2D eigenvalue weighted by Gasteiger charge is -2.03. The van der Waals surface area contributed by atoms with Crippen molar-refractivity contribution < 1.29 is 13.5 Å². The van der Waals surface area contributed by atoms with Crippen molar-refractivity contribution in [2.24, 2.45) is 0 Å². The molecule has 1 rings (SSSR count). The van der Waals surface area contributed by atoms with Crippen molar-refractivity contribution in [1.29, 1.82) is 0 Å².